The minimum atomic E-state index is -0.605. The van der Waals surface area contributed by atoms with Gasteiger partial charge in [0.25, 0.3) is 0 Å². The van der Waals surface area contributed by atoms with Gasteiger partial charge in [-0.1, -0.05) is 11.6 Å². The molecule has 1 aromatic heterocycles. The quantitative estimate of drug-likeness (QED) is 0.434. The Hall–Kier alpha value is -2.89. The molecule has 0 atom stereocenters. The molecule has 2 amide bonds. The van der Waals surface area contributed by atoms with Crippen molar-refractivity contribution >= 4 is 40.9 Å². The first-order valence-electron chi connectivity index (χ1n) is 12.5. The highest BCUT2D eigenvalue weighted by Gasteiger charge is 2.22. The minimum absolute atomic E-state index is 0.0809. The van der Waals surface area contributed by atoms with Crippen LogP contribution in [-0.4, -0.2) is 90.8 Å². The second-order valence-electron chi connectivity index (χ2n) is 9.69. The second kappa shape index (κ2) is 13.8. The van der Waals surface area contributed by atoms with Crippen molar-refractivity contribution in [1.82, 2.24) is 20.1 Å². The molecule has 1 aliphatic heterocycles. The van der Waals surface area contributed by atoms with Crippen LogP contribution >= 0.6 is 22.9 Å². The monoisotopic (exact) mass is 566 g/mol. The van der Waals surface area contributed by atoms with E-state index in [4.69, 9.17) is 25.8 Å². The molecule has 0 radical (unpaired) electrons. The molecule has 10 nitrogen and oxygen atoms in total. The van der Waals surface area contributed by atoms with Gasteiger partial charge in [0.2, 0.25) is 5.91 Å². The van der Waals surface area contributed by atoms with Crippen LogP contribution in [0.5, 0.6) is 5.75 Å². The van der Waals surface area contributed by atoms with Crippen LogP contribution in [0.4, 0.5) is 4.79 Å². The molecule has 1 fully saturated rings. The molecule has 38 heavy (non-hydrogen) atoms. The Morgan fingerprint density at radius 2 is 1.89 bits per heavy atom. The van der Waals surface area contributed by atoms with E-state index in [1.54, 1.807) is 38.7 Å². The van der Waals surface area contributed by atoms with Crippen LogP contribution in [0.3, 0.4) is 0 Å². The zero-order chi connectivity index (χ0) is 27.7. The predicted octanol–water partition coefficient (Wildman–Crippen LogP) is 3.62. The SMILES string of the molecule is CCOC(=O)Cc1csc(-c2ccc(OCCN3CCN(C(=O)CNC(=O)OC(C)(C)C)CC3)cc2Cl)n1. The molecule has 2 aromatic rings. The van der Waals surface area contributed by atoms with E-state index in [0.717, 1.165) is 23.7 Å². The summed E-state index contributed by atoms with van der Waals surface area (Å²) >= 11 is 7.91. The number of hydrogen-bond donors (Lipinski definition) is 1. The maximum Gasteiger partial charge on any atom is 0.408 e. The van der Waals surface area contributed by atoms with Gasteiger partial charge in [0.1, 0.15) is 29.5 Å². The molecule has 2 heterocycles. The number of nitrogens with zero attached hydrogens (tertiary/aromatic N) is 3. The van der Waals surface area contributed by atoms with Crippen molar-refractivity contribution in [2.45, 2.75) is 39.7 Å². The Morgan fingerprint density at radius 1 is 1.16 bits per heavy atom. The van der Waals surface area contributed by atoms with Gasteiger partial charge in [-0.2, -0.15) is 0 Å². The number of amides is 2. The number of ether oxygens (including phenoxy) is 3. The van der Waals surface area contributed by atoms with Crippen LogP contribution in [-0.2, 0) is 25.5 Å². The fraction of sp³-hybridized carbons (Fsp3) is 0.538. The highest BCUT2D eigenvalue weighted by Crippen LogP contribution is 2.33. The van der Waals surface area contributed by atoms with Crippen LogP contribution in [0.1, 0.15) is 33.4 Å². The smallest absolute Gasteiger partial charge is 0.408 e. The van der Waals surface area contributed by atoms with Crippen molar-refractivity contribution in [2.24, 2.45) is 0 Å². The number of carbonyl (C=O) groups is 3. The average molecular weight is 567 g/mol. The Morgan fingerprint density at radius 3 is 2.55 bits per heavy atom. The lowest BCUT2D eigenvalue weighted by atomic mass is 10.2. The summed E-state index contributed by atoms with van der Waals surface area (Å²) in [5, 5.41) is 5.60. The topological polar surface area (TPSA) is 110 Å². The summed E-state index contributed by atoms with van der Waals surface area (Å²) in [5.74, 6) is 0.223. The van der Waals surface area contributed by atoms with Gasteiger partial charge in [-0.05, 0) is 45.9 Å². The summed E-state index contributed by atoms with van der Waals surface area (Å²) in [6.45, 7) is 11.2. The van der Waals surface area contributed by atoms with E-state index in [1.807, 2.05) is 17.5 Å². The molecule has 0 spiro atoms. The number of aromatic nitrogens is 1. The van der Waals surface area contributed by atoms with E-state index in [2.05, 4.69) is 15.2 Å². The standard InChI is InChI=1S/C26H35ClN4O6S/c1-5-35-23(33)14-18-17-38-24(29-18)20-7-6-19(15-21(20)27)36-13-12-30-8-10-31(11-9-30)22(32)16-28-25(34)37-26(2,3)4/h6-7,15,17H,5,8-14,16H2,1-4H3,(H,28,34). The lowest BCUT2D eigenvalue weighted by Gasteiger charge is -2.34. The summed E-state index contributed by atoms with van der Waals surface area (Å²) in [6, 6.07) is 5.47. The molecule has 12 heteroatoms. The van der Waals surface area contributed by atoms with Gasteiger partial charge in [-0.25, -0.2) is 9.78 Å². The number of hydrogen-bond acceptors (Lipinski definition) is 9. The zero-order valence-electron chi connectivity index (χ0n) is 22.3. The van der Waals surface area contributed by atoms with E-state index in [9.17, 15) is 14.4 Å². The van der Waals surface area contributed by atoms with E-state index >= 15 is 0 Å². The van der Waals surface area contributed by atoms with Crippen LogP contribution in [0.2, 0.25) is 5.02 Å². The minimum Gasteiger partial charge on any atom is -0.492 e. The number of thiazole rings is 1. The van der Waals surface area contributed by atoms with Gasteiger partial charge in [-0.15, -0.1) is 11.3 Å². The summed E-state index contributed by atoms with van der Waals surface area (Å²) in [6.07, 6.45) is -0.464. The molecule has 3 rings (SSSR count). The lowest BCUT2D eigenvalue weighted by molar-refractivity contribution is -0.142. The number of benzene rings is 1. The normalized spacial score (nSPS) is 14.2. The summed E-state index contributed by atoms with van der Waals surface area (Å²) in [4.78, 5) is 44.3. The van der Waals surface area contributed by atoms with Crippen molar-refractivity contribution in [3.63, 3.8) is 0 Å². The molecule has 0 unspecified atom stereocenters. The molecular weight excluding hydrogens is 532 g/mol. The first-order chi connectivity index (χ1) is 18.0. The highest BCUT2D eigenvalue weighted by molar-refractivity contribution is 7.13. The van der Waals surface area contributed by atoms with Crippen LogP contribution in [0.25, 0.3) is 10.6 Å². The molecule has 0 aliphatic carbocycles. The fourth-order valence-corrected chi connectivity index (χ4v) is 4.89. The molecule has 1 saturated heterocycles. The number of esters is 1. The first-order valence-corrected chi connectivity index (χ1v) is 13.8. The van der Waals surface area contributed by atoms with Crippen LogP contribution in [0, 0.1) is 0 Å². The number of halogens is 1. The predicted molar refractivity (Wildman–Crippen MR) is 146 cm³/mol. The van der Waals surface area contributed by atoms with Crippen LogP contribution < -0.4 is 10.1 Å². The summed E-state index contributed by atoms with van der Waals surface area (Å²) in [5.41, 5.74) is 0.827. The number of rotatable bonds is 10. The molecule has 1 aromatic carbocycles. The number of piperazine rings is 1. The summed E-state index contributed by atoms with van der Waals surface area (Å²) in [7, 11) is 0. The molecule has 1 aliphatic rings. The van der Waals surface area contributed by atoms with Crippen molar-refractivity contribution < 1.29 is 28.6 Å². The third kappa shape index (κ3) is 9.45. The zero-order valence-corrected chi connectivity index (χ0v) is 23.8. The van der Waals surface area contributed by atoms with Crippen molar-refractivity contribution in [3.05, 3.63) is 34.3 Å². The molecule has 1 N–H and O–H groups in total. The van der Waals surface area contributed by atoms with E-state index in [-0.39, 0.29) is 24.8 Å². The van der Waals surface area contributed by atoms with E-state index in [0.29, 0.717) is 49.3 Å². The molecule has 0 bridgehead atoms. The number of carbonyl (C=O) groups excluding carboxylic acids is 3. The van der Waals surface area contributed by atoms with Gasteiger partial charge >= 0.3 is 12.1 Å². The van der Waals surface area contributed by atoms with Gasteiger partial charge in [0, 0.05) is 43.7 Å². The second-order valence-corrected chi connectivity index (χ2v) is 11.0. The Kier molecular flexibility index (Phi) is 10.7. The average Bonchev–Trinajstić information content (AvgIpc) is 3.30. The van der Waals surface area contributed by atoms with Crippen LogP contribution in [0.15, 0.2) is 23.6 Å². The highest BCUT2D eigenvalue weighted by atomic mass is 35.5. The molecule has 0 saturated carbocycles. The van der Waals surface area contributed by atoms with Gasteiger partial charge in [0.15, 0.2) is 0 Å². The van der Waals surface area contributed by atoms with Crippen molar-refractivity contribution in [1.29, 1.82) is 0 Å². The lowest BCUT2D eigenvalue weighted by Crippen LogP contribution is -2.52. The first kappa shape index (κ1) is 29.7. The molecular formula is C26H35ClN4O6S. The molecule has 208 valence electrons. The van der Waals surface area contributed by atoms with E-state index < -0.39 is 11.7 Å². The Labute approximate surface area is 232 Å². The summed E-state index contributed by atoms with van der Waals surface area (Å²) < 4.78 is 16.0. The van der Waals surface area contributed by atoms with Gasteiger partial charge in [0.05, 0.1) is 23.7 Å². The van der Waals surface area contributed by atoms with Gasteiger partial charge < -0.3 is 24.4 Å². The van der Waals surface area contributed by atoms with Gasteiger partial charge in [-0.3, -0.25) is 14.5 Å². The Bertz CT molecular complexity index is 1110. The number of nitrogens with one attached hydrogen (secondary N) is 1. The van der Waals surface area contributed by atoms with Crippen molar-refractivity contribution in [2.75, 3.05) is 52.5 Å². The van der Waals surface area contributed by atoms with Crippen molar-refractivity contribution in [3.8, 4) is 16.3 Å². The third-order valence-corrected chi connectivity index (χ3v) is 6.77. The Balaban J connectivity index is 1.39. The maximum atomic E-state index is 12.4. The number of alkyl carbamates (subject to hydrolysis) is 1. The van der Waals surface area contributed by atoms with E-state index in [1.165, 1.54) is 11.3 Å². The third-order valence-electron chi connectivity index (χ3n) is 5.54. The fourth-order valence-electron chi connectivity index (χ4n) is 3.72. The maximum absolute atomic E-state index is 12.4. The largest absolute Gasteiger partial charge is 0.492 e.